The van der Waals surface area contributed by atoms with Crippen LogP contribution >= 0.6 is 0 Å². The van der Waals surface area contributed by atoms with Gasteiger partial charge < -0.3 is 9.30 Å². The van der Waals surface area contributed by atoms with Gasteiger partial charge in [0.05, 0.1) is 12.6 Å². The summed E-state index contributed by atoms with van der Waals surface area (Å²) < 4.78 is 7.73. The number of benzene rings is 1. The summed E-state index contributed by atoms with van der Waals surface area (Å²) in [6.45, 7) is 17.6. The molecule has 32 heavy (non-hydrogen) atoms. The monoisotopic (exact) mass is 438 g/mol. The Labute approximate surface area is 195 Å². The number of unbranched alkanes of at least 4 members (excludes halogenated alkanes) is 1. The second-order valence-corrected chi connectivity index (χ2v) is 7.98. The number of imidazole rings is 1. The molecule has 0 N–H and O–H groups in total. The summed E-state index contributed by atoms with van der Waals surface area (Å²) in [5.41, 5.74) is 4.34. The van der Waals surface area contributed by atoms with Gasteiger partial charge in [0.1, 0.15) is 17.1 Å². The van der Waals surface area contributed by atoms with Crippen LogP contribution in [0.25, 0.3) is 16.6 Å². The molecule has 0 radical (unpaired) electrons. The van der Waals surface area contributed by atoms with Crippen molar-refractivity contribution < 1.29 is 9.53 Å². The Kier molecular flexibility index (Phi) is 11.8. The molecule has 4 heteroatoms. The van der Waals surface area contributed by atoms with Crippen molar-refractivity contribution in [2.24, 2.45) is 11.8 Å². The summed E-state index contributed by atoms with van der Waals surface area (Å²) in [6.07, 6.45) is 14.3. The van der Waals surface area contributed by atoms with Gasteiger partial charge >= 0.3 is 0 Å². The number of allylic oxidation sites excluding steroid dienone is 6. The maximum atomic E-state index is 11.4. The van der Waals surface area contributed by atoms with E-state index in [-0.39, 0.29) is 0 Å². The zero-order valence-electron chi connectivity index (χ0n) is 21.5. The normalized spacial score (nSPS) is 14.8. The van der Waals surface area contributed by atoms with Gasteiger partial charge in [-0.15, -0.1) is 0 Å². The number of nitrogens with zero attached hydrogens (tertiary/aromatic N) is 2. The zero-order chi connectivity index (χ0) is 24.3. The molecule has 176 valence electrons. The highest BCUT2D eigenvalue weighted by molar-refractivity contribution is 5.95. The summed E-state index contributed by atoms with van der Waals surface area (Å²) in [6, 6.07) is 1.80. The molecule has 1 unspecified atom stereocenters. The highest BCUT2D eigenvalue weighted by Crippen LogP contribution is 2.34. The number of aldehydes is 1. The molecule has 2 aromatic rings. The molecule has 0 saturated heterocycles. The number of ether oxygens (including phenoxy) is 1. The molecule has 0 aliphatic heterocycles. The van der Waals surface area contributed by atoms with E-state index >= 15 is 0 Å². The molecule has 1 heterocycles. The number of aromatic nitrogens is 2. The third-order valence-corrected chi connectivity index (χ3v) is 5.57. The molecular formula is C28H42N2O2. The third kappa shape index (κ3) is 6.21. The minimum atomic E-state index is 0.418. The molecule has 1 aliphatic rings. The van der Waals surface area contributed by atoms with Gasteiger partial charge in [0.25, 0.3) is 0 Å². The van der Waals surface area contributed by atoms with E-state index in [2.05, 4.69) is 69.6 Å². The fourth-order valence-corrected chi connectivity index (χ4v) is 3.44. The number of rotatable bonds is 6. The number of carbonyl (C=O) groups is 1. The van der Waals surface area contributed by atoms with Crippen LogP contribution in [0.3, 0.4) is 0 Å². The Balaban J connectivity index is 0.000000769. The van der Waals surface area contributed by atoms with E-state index in [1.165, 1.54) is 12.8 Å². The van der Waals surface area contributed by atoms with Crippen molar-refractivity contribution in [1.29, 1.82) is 0 Å². The Morgan fingerprint density at radius 3 is 2.31 bits per heavy atom. The lowest BCUT2D eigenvalue weighted by atomic mass is 9.95. The highest BCUT2D eigenvalue weighted by Gasteiger charge is 2.20. The lowest BCUT2D eigenvalue weighted by Gasteiger charge is -2.11. The van der Waals surface area contributed by atoms with Crippen molar-refractivity contribution in [3.63, 3.8) is 0 Å². The van der Waals surface area contributed by atoms with E-state index in [9.17, 15) is 4.79 Å². The van der Waals surface area contributed by atoms with Crippen LogP contribution < -0.4 is 4.74 Å². The second kappa shape index (κ2) is 13.7. The minimum Gasteiger partial charge on any atom is -0.494 e. The molecule has 0 bridgehead atoms. The van der Waals surface area contributed by atoms with E-state index in [1.807, 2.05) is 20.8 Å². The van der Waals surface area contributed by atoms with Gasteiger partial charge in [-0.1, -0.05) is 84.8 Å². The lowest BCUT2D eigenvalue weighted by molar-refractivity contribution is 0.112. The smallest absolute Gasteiger partial charge is 0.150 e. The Morgan fingerprint density at radius 2 is 1.81 bits per heavy atom. The van der Waals surface area contributed by atoms with E-state index in [0.29, 0.717) is 23.1 Å². The second-order valence-electron chi connectivity index (χ2n) is 7.98. The highest BCUT2D eigenvalue weighted by atomic mass is 16.5. The quantitative estimate of drug-likeness (QED) is 0.432. The number of fused-ring (bicyclic) bond motifs is 1. The first-order valence-corrected chi connectivity index (χ1v) is 12.0. The molecule has 0 saturated carbocycles. The molecule has 1 aliphatic carbocycles. The molecule has 0 spiro atoms. The number of aryl methyl sites for hydroxylation is 2. The maximum Gasteiger partial charge on any atom is 0.150 e. The summed E-state index contributed by atoms with van der Waals surface area (Å²) in [4.78, 5) is 16.3. The molecule has 4 nitrogen and oxygen atoms in total. The minimum absolute atomic E-state index is 0.418. The predicted octanol–water partition coefficient (Wildman–Crippen LogP) is 7.80. The average Bonchev–Trinajstić information content (AvgIpc) is 3.03. The summed E-state index contributed by atoms with van der Waals surface area (Å²) in [7, 11) is 1.63. The molecule has 0 amide bonds. The predicted molar refractivity (Wildman–Crippen MR) is 139 cm³/mol. The fraction of sp³-hybridized carbons (Fsp3) is 0.500. The fourth-order valence-electron chi connectivity index (χ4n) is 3.44. The summed E-state index contributed by atoms with van der Waals surface area (Å²) in [5.74, 6) is 2.55. The molecule has 1 aromatic heterocycles. The van der Waals surface area contributed by atoms with Crippen LogP contribution in [0.2, 0.25) is 0 Å². The Hall–Kier alpha value is -2.62. The number of carbonyl (C=O) groups excluding carboxylic acids is 1. The van der Waals surface area contributed by atoms with Crippen molar-refractivity contribution in [3.05, 3.63) is 53.4 Å². The standard InChI is InChI=1S/C22H26N2O2.C4H10.C2H6/c1-6-24-21-19(26-5)12-18(13-25)15(4)20(21)23-22(24)17-9-7-8-16(10-11-17)14(2)3;1-3-4-2;1-2/h7-14,16H,6H2,1-5H3;3-4H2,1-2H3;1-2H3. The first kappa shape index (κ1) is 27.4. The van der Waals surface area contributed by atoms with Crippen LogP contribution in [-0.4, -0.2) is 22.9 Å². The lowest BCUT2D eigenvalue weighted by Crippen LogP contribution is -2.02. The van der Waals surface area contributed by atoms with Gasteiger partial charge in [0.2, 0.25) is 0 Å². The van der Waals surface area contributed by atoms with E-state index < -0.39 is 0 Å². The largest absolute Gasteiger partial charge is 0.494 e. The van der Waals surface area contributed by atoms with Crippen LogP contribution in [0.4, 0.5) is 0 Å². The molecule has 3 rings (SSSR count). The topological polar surface area (TPSA) is 44.1 Å². The first-order chi connectivity index (χ1) is 15.4. The van der Waals surface area contributed by atoms with Crippen molar-refractivity contribution in [2.45, 2.75) is 74.8 Å². The van der Waals surface area contributed by atoms with Crippen molar-refractivity contribution >= 4 is 22.9 Å². The molecule has 0 fully saturated rings. The van der Waals surface area contributed by atoms with Gasteiger partial charge in [0, 0.05) is 17.7 Å². The zero-order valence-corrected chi connectivity index (χ0v) is 21.5. The average molecular weight is 439 g/mol. The van der Waals surface area contributed by atoms with Gasteiger partial charge in [-0.2, -0.15) is 0 Å². The molecule has 1 atom stereocenters. The number of hydrogen-bond acceptors (Lipinski definition) is 3. The van der Waals surface area contributed by atoms with E-state index in [4.69, 9.17) is 9.72 Å². The van der Waals surface area contributed by atoms with Crippen LogP contribution in [0.15, 0.2) is 36.4 Å². The number of hydrogen-bond donors (Lipinski definition) is 0. The molecule has 1 aromatic carbocycles. The first-order valence-electron chi connectivity index (χ1n) is 12.0. The van der Waals surface area contributed by atoms with E-state index in [1.54, 1.807) is 13.2 Å². The van der Waals surface area contributed by atoms with Gasteiger partial charge in [-0.05, 0) is 37.3 Å². The Bertz CT molecular complexity index is 960. The van der Waals surface area contributed by atoms with Crippen LogP contribution in [0, 0.1) is 18.8 Å². The van der Waals surface area contributed by atoms with Crippen molar-refractivity contribution in [1.82, 2.24) is 9.55 Å². The van der Waals surface area contributed by atoms with Gasteiger partial charge in [0.15, 0.2) is 6.29 Å². The summed E-state index contributed by atoms with van der Waals surface area (Å²) in [5, 5.41) is 0. The summed E-state index contributed by atoms with van der Waals surface area (Å²) >= 11 is 0. The van der Waals surface area contributed by atoms with Crippen LogP contribution in [-0.2, 0) is 6.54 Å². The van der Waals surface area contributed by atoms with Crippen LogP contribution in [0.5, 0.6) is 5.75 Å². The van der Waals surface area contributed by atoms with Crippen LogP contribution in [0.1, 0.15) is 83.1 Å². The SMILES string of the molecule is CC.CCCC.CCn1c(C2=CC=CC(C(C)C)C=C2)nc2c(C)c(C=O)cc(OC)c21. The maximum absolute atomic E-state index is 11.4. The van der Waals surface area contributed by atoms with Gasteiger partial charge in [-0.3, -0.25) is 4.79 Å². The Morgan fingerprint density at radius 1 is 1.16 bits per heavy atom. The number of methoxy groups -OCH3 is 1. The third-order valence-electron chi connectivity index (χ3n) is 5.57. The van der Waals surface area contributed by atoms with Crippen molar-refractivity contribution in [3.8, 4) is 5.75 Å². The van der Waals surface area contributed by atoms with E-state index in [0.717, 1.165) is 40.8 Å². The molecular weight excluding hydrogens is 396 g/mol. The van der Waals surface area contributed by atoms with Crippen molar-refractivity contribution in [2.75, 3.05) is 7.11 Å². The van der Waals surface area contributed by atoms with Gasteiger partial charge in [-0.25, -0.2) is 4.98 Å².